The second-order valence-corrected chi connectivity index (χ2v) is 7.84. The molecular formula is C24H28N4. The highest BCUT2D eigenvalue weighted by molar-refractivity contribution is 5.91. The molecule has 2 heterocycles. The molecule has 4 nitrogen and oxygen atoms in total. The lowest BCUT2D eigenvalue weighted by Crippen LogP contribution is -2.37. The molecule has 1 saturated heterocycles. The third kappa shape index (κ3) is 3.69. The number of aryl methyl sites for hydroxylation is 1. The highest BCUT2D eigenvalue weighted by Gasteiger charge is 2.21. The smallest absolute Gasteiger partial charge is 0.0991 e. The molecule has 0 spiro atoms. The van der Waals surface area contributed by atoms with E-state index in [1.807, 2.05) is 31.3 Å². The first-order valence-electron chi connectivity index (χ1n) is 10.2. The summed E-state index contributed by atoms with van der Waals surface area (Å²) in [5, 5.41) is 13.6. The first-order valence-corrected chi connectivity index (χ1v) is 10.2. The second-order valence-electron chi connectivity index (χ2n) is 7.84. The maximum absolute atomic E-state index is 9.02. The van der Waals surface area contributed by atoms with Crippen LogP contribution in [0.3, 0.4) is 0 Å². The van der Waals surface area contributed by atoms with Gasteiger partial charge in [-0.05, 0) is 86.8 Å². The van der Waals surface area contributed by atoms with Crippen LogP contribution in [-0.4, -0.2) is 43.1 Å². The fourth-order valence-electron chi connectivity index (χ4n) is 4.36. The molecule has 0 radical (unpaired) electrons. The van der Waals surface area contributed by atoms with E-state index in [0.717, 1.165) is 24.3 Å². The van der Waals surface area contributed by atoms with Gasteiger partial charge < -0.3 is 15.2 Å². The summed E-state index contributed by atoms with van der Waals surface area (Å²) >= 11 is 0. The van der Waals surface area contributed by atoms with Crippen molar-refractivity contribution in [3.05, 3.63) is 59.2 Å². The maximum atomic E-state index is 9.02. The Morgan fingerprint density at radius 1 is 1.14 bits per heavy atom. The zero-order valence-corrected chi connectivity index (χ0v) is 16.8. The molecule has 2 N–H and O–H groups in total. The van der Waals surface area contributed by atoms with Gasteiger partial charge in [0.05, 0.1) is 11.6 Å². The number of nitrogens with one attached hydrogen (secondary N) is 2. The van der Waals surface area contributed by atoms with Crippen molar-refractivity contribution in [2.75, 3.05) is 33.2 Å². The Bertz CT molecular complexity index is 986. The van der Waals surface area contributed by atoms with Crippen molar-refractivity contribution >= 4 is 10.9 Å². The lowest BCUT2D eigenvalue weighted by Gasteiger charge is -2.32. The molecule has 0 aliphatic carbocycles. The minimum Gasteiger partial charge on any atom is -0.354 e. The van der Waals surface area contributed by atoms with Gasteiger partial charge in [-0.25, -0.2) is 0 Å². The van der Waals surface area contributed by atoms with Crippen LogP contribution >= 0.6 is 0 Å². The van der Waals surface area contributed by atoms with Gasteiger partial charge in [-0.1, -0.05) is 18.2 Å². The molecule has 4 rings (SSSR count). The van der Waals surface area contributed by atoms with Crippen molar-refractivity contribution < 1.29 is 0 Å². The van der Waals surface area contributed by atoms with E-state index in [4.69, 9.17) is 5.26 Å². The van der Waals surface area contributed by atoms with Crippen molar-refractivity contribution in [1.29, 1.82) is 5.26 Å². The molecular weight excluding hydrogens is 344 g/mol. The number of likely N-dealkylation sites (tertiary alicyclic amines) is 1. The van der Waals surface area contributed by atoms with E-state index in [-0.39, 0.29) is 0 Å². The number of hydrogen-bond acceptors (Lipinski definition) is 3. The second kappa shape index (κ2) is 8.18. The van der Waals surface area contributed by atoms with Crippen molar-refractivity contribution in [2.24, 2.45) is 0 Å². The van der Waals surface area contributed by atoms with Crippen LogP contribution < -0.4 is 5.32 Å². The molecule has 28 heavy (non-hydrogen) atoms. The summed E-state index contributed by atoms with van der Waals surface area (Å²) in [4.78, 5) is 6.15. The normalized spacial score (nSPS) is 15.8. The first-order chi connectivity index (χ1) is 13.7. The molecule has 1 aliphatic rings. The molecule has 4 heteroatoms. The van der Waals surface area contributed by atoms with Gasteiger partial charge in [-0.2, -0.15) is 5.26 Å². The van der Waals surface area contributed by atoms with E-state index in [1.54, 1.807) is 0 Å². The Morgan fingerprint density at radius 2 is 1.89 bits per heavy atom. The van der Waals surface area contributed by atoms with Crippen LogP contribution in [0.1, 0.15) is 35.4 Å². The average Bonchev–Trinajstić information content (AvgIpc) is 3.08. The van der Waals surface area contributed by atoms with Gasteiger partial charge in [-0.15, -0.1) is 0 Å². The summed E-state index contributed by atoms with van der Waals surface area (Å²) in [6, 6.07) is 16.9. The van der Waals surface area contributed by atoms with Gasteiger partial charge in [0.2, 0.25) is 0 Å². The van der Waals surface area contributed by atoms with Crippen LogP contribution in [0.25, 0.3) is 22.2 Å². The minimum atomic E-state index is 0.655. The maximum Gasteiger partial charge on any atom is 0.0991 e. The lowest BCUT2D eigenvalue weighted by molar-refractivity contribution is 0.214. The van der Waals surface area contributed by atoms with Crippen LogP contribution in [0.4, 0.5) is 0 Å². The van der Waals surface area contributed by atoms with Crippen molar-refractivity contribution in [3.8, 4) is 17.3 Å². The number of benzene rings is 2. The number of likely N-dealkylation sites (N-methyl/N-ethyl adjacent to an activating group) is 1. The highest BCUT2D eigenvalue weighted by Crippen LogP contribution is 2.34. The number of aromatic amines is 1. The Hall–Kier alpha value is -2.61. The number of nitriles is 1. The fourth-order valence-corrected chi connectivity index (χ4v) is 4.36. The van der Waals surface area contributed by atoms with Gasteiger partial charge in [0.25, 0.3) is 0 Å². The van der Waals surface area contributed by atoms with Gasteiger partial charge in [0, 0.05) is 29.7 Å². The predicted molar refractivity (Wildman–Crippen MR) is 116 cm³/mol. The Kier molecular flexibility index (Phi) is 5.47. The van der Waals surface area contributed by atoms with Gasteiger partial charge in [-0.3, -0.25) is 0 Å². The van der Waals surface area contributed by atoms with Crippen molar-refractivity contribution in [2.45, 2.75) is 25.7 Å². The Labute approximate surface area is 167 Å². The Morgan fingerprint density at radius 3 is 2.57 bits per heavy atom. The summed E-state index contributed by atoms with van der Waals surface area (Å²) in [6.45, 7) is 6.78. The summed E-state index contributed by atoms with van der Waals surface area (Å²) in [6.07, 6.45) is 2.47. The van der Waals surface area contributed by atoms with E-state index in [9.17, 15) is 0 Å². The summed E-state index contributed by atoms with van der Waals surface area (Å²) in [7, 11) is 2.02. The quantitative estimate of drug-likeness (QED) is 0.697. The number of nitrogens with zero attached hydrogens (tertiary/aromatic N) is 2. The number of hydrogen-bond donors (Lipinski definition) is 2. The number of fused-ring (bicyclic) bond motifs is 1. The highest BCUT2D eigenvalue weighted by atomic mass is 15.1. The zero-order valence-electron chi connectivity index (χ0n) is 16.8. The lowest BCUT2D eigenvalue weighted by atomic mass is 9.88. The topological polar surface area (TPSA) is 54.8 Å². The molecule has 1 fully saturated rings. The van der Waals surface area contributed by atoms with E-state index in [1.165, 1.54) is 48.0 Å². The minimum absolute atomic E-state index is 0.655. The number of rotatable bonds is 5. The molecule has 0 unspecified atom stereocenters. The largest absolute Gasteiger partial charge is 0.354 e. The average molecular weight is 373 g/mol. The van der Waals surface area contributed by atoms with E-state index < -0.39 is 0 Å². The zero-order chi connectivity index (χ0) is 19.5. The summed E-state index contributed by atoms with van der Waals surface area (Å²) < 4.78 is 0. The third-order valence-corrected chi connectivity index (χ3v) is 6.12. The van der Waals surface area contributed by atoms with Crippen LogP contribution in [-0.2, 0) is 0 Å². The Balaban J connectivity index is 1.56. The molecule has 1 aliphatic heterocycles. The molecule has 3 aromatic rings. The molecule has 0 amide bonds. The van der Waals surface area contributed by atoms with E-state index >= 15 is 0 Å². The molecule has 2 aromatic carbocycles. The molecule has 0 bridgehead atoms. The molecule has 0 saturated carbocycles. The van der Waals surface area contributed by atoms with Crippen molar-refractivity contribution in [1.82, 2.24) is 15.2 Å². The van der Waals surface area contributed by atoms with Crippen LogP contribution in [0.15, 0.2) is 42.5 Å². The predicted octanol–water partition coefficient (Wildman–Crippen LogP) is 4.41. The van der Waals surface area contributed by atoms with Crippen LogP contribution in [0, 0.1) is 18.3 Å². The number of H-pyrrole nitrogens is 1. The van der Waals surface area contributed by atoms with Gasteiger partial charge >= 0.3 is 0 Å². The standard InChI is InChI=1S/C24H28N4/c1-17-22-15-21(19-9-12-28(13-10-19)14-11-26-2)7-8-23(22)27-24(17)20-5-3-18(16-25)4-6-20/h3-8,15,19,26-27H,9-14H2,1-2H3. The molecule has 1 aromatic heterocycles. The third-order valence-electron chi connectivity index (χ3n) is 6.12. The van der Waals surface area contributed by atoms with Gasteiger partial charge in [0.15, 0.2) is 0 Å². The van der Waals surface area contributed by atoms with E-state index in [0.29, 0.717) is 11.5 Å². The summed E-state index contributed by atoms with van der Waals surface area (Å²) in [5.41, 5.74) is 6.92. The van der Waals surface area contributed by atoms with E-state index in [2.05, 4.69) is 46.4 Å². The summed E-state index contributed by atoms with van der Waals surface area (Å²) in [5.74, 6) is 0.655. The fraction of sp³-hybridized carbons (Fsp3) is 0.375. The van der Waals surface area contributed by atoms with Crippen LogP contribution in [0.2, 0.25) is 0 Å². The first kappa shape index (κ1) is 18.7. The number of piperidine rings is 1. The monoisotopic (exact) mass is 372 g/mol. The number of aromatic nitrogens is 1. The molecule has 144 valence electrons. The SMILES string of the molecule is CNCCN1CCC(c2ccc3[nH]c(-c4ccc(C#N)cc4)c(C)c3c2)CC1. The van der Waals surface area contributed by atoms with Crippen LogP contribution in [0.5, 0.6) is 0 Å². The molecule has 0 atom stereocenters. The van der Waals surface area contributed by atoms with Gasteiger partial charge in [0.1, 0.15) is 0 Å². The van der Waals surface area contributed by atoms with Crippen molar-refractivity contribution in [3.63, 3.8) is 0 Å².